The molecule has 2 bridgehead atoms. The molecule has 0 N–H and O–H groups in total. The molecule has 3 aliphatic rings. The summed E-state index contributed by atoms with van der Waals surface area (Å²) in [6, 6.07) is 0. The van der Waals surface area contributed by atoms with Crippen LogP contribution in [0.25, 0.3) is 0 Å². The zero-order valence-corrected chi connectivity index (χ0v) is 11.0. The van der Waals surface area contributed by atoms with E-state index in [1.165, 1.54) is 0 Å². The molecule has 4 atom stereocenters. The summed E-state index contributed by atoms with van der Waals surface area (Å²) >= 11 is 0. The molecule has 0 aromatic carbocycles. The molecule has 1 saturated carbocycles. The summed E-state index contributed by atoms with van der Waals surface area (Å²) in [7, 11) is 0. The van der Waals surface area contributed by atoms with Gasteiger partial charge in [-0.05, 0) is 32.1 Å². The lowest BCUT2D eigenvalue weighted by Gasteiger charge is -2.17. The number of nitrogens with zero attached hydrogens (tertiary/aromatic N) is 1. The minimum Gasteiger partial charge on any atom is -0.462 e. The first-order valence-electron chi connectivity index (χ1n) is 6.72. The Bertz CT molecular complexity index is 452. The highest BCUT2D eigenvalue weighted by Gasteiger charge is 2.59. The Hall–Kier alpha value is -1.65. The molecule has 102 valence electrons. The fraction of sp³-hybridized carbons (Fsp3) is 0.643. The molecule has 5 heteroatoms. The third kappa shape index (κ3) is 1.79. The highest BCUT2D eigenvalue weighted by molar-refractivity contribution is 6.08. The Morgan fingerprint density at radius 3 is 2.26 bits per heavy atom. The lowest BCUT2D eigenvalue weighted by atomic mass is 9.85. The third-order valence-corrected chi connectivity index (χ3v) is 4.22. The number of ether oxygens (including phenoxy) is 1. The number of allylic oxidation sites excluding steroid dienone is 2. The van der Waals surface area contributed by atoms with Gasteiger partial charge in [0.2, 0.25) is 11.8 Å². The van der Waals surface area contributed by atoms with E-state index in [1.54, 1.807) is 13.8 Å². The van der Waals surface area contributed by atoms with Crippen molar-refractivity contribution in [3.05, 3.63) is 12.2 Å². The second kappa shape index (κ2) is 4.18. The van der Waals surface area contributed by atoms with E-state index in [-0.39, 0.29) is 48.1 Å². The largest absolute Gasteiger partial charge is 0.462 e. The molecule has 0 spiro atoms. The standard InChI is InChI=1S/C14H17NO4/c1-7(2)19-10(16)6-15-13(17)11-8-3-4-9(5-8)12(11)14(15)18/h3-4,7-9,11-12H,5-6H2,1-2H3/t8-,9+,11-,12+. The number of esters is 1. The van der Waals surface area contributed by atoms with Gasteiger partial charge in [-0.25, -0.2) is 0 Å². The highest BCUT2D eigenvalue weighted by atomic mass is 16.5. The Kier molecular flexibility index (Phi) is 2.73. The van der Waals surface area contributed by atoms with E-state index in [2.05, 4.69) is 0 Å². The van der Waals surface area contributed by atoms with Crippen LogP contribution in [0.2, 0.25) is 0 Å². The summed E-state index contributed by atoms with van der Waals surface area (Å²) in [5.41, 5.74) is 0. The van der Waals surface area contributed by atoms with Crippen LogP contribution in [-0.2, 0) is 19.1 Å². The van der Waals surface area contributed by atoms with Gasteiger partial charge in [-0.3, -0.25) is 19.3 Å². The minimum atomic E-state index is -0.517. The van der Waals surface area contributed by atoms with E-state index in [1.807, 2.05) is 12.2 Å². The summed E-state index contributed by atoms with van der Waals surface area (Å²) in [5, 5.41) is 0. The van der Waals surface area contributed by atoms with E-state index in [4.69, 9.17) is 4.74 Å². The third-order valence-electron chi connectivity index (χ3n) is 4.22. The molecule has 0 radical (unpaired) electrons. The summed E-state index contributed by atoms with van der Waals surface area (Å²) < 4.78 is 5.00. The van der Waals surface area contributed by atoms with Crippen LogP contribution in [0, 0.1) is 23.7 Å². The van der Waals surface area contributed by atoms with Crippen molar-refractivity contribution >= 4 is 17.8 Å². The Labute approximate surface area is 111 Å². The van der Waals surface area contributed by atoms with Crippen LogP contribution >= 0.6 is 0 Å². The van der Waals surface area contributed by atoms with Crippen molar-refractivity contribution in [1.82, 2.24) is 4.90 Å². The minimum absolute atomic E-state index is 0.178. The molecule has 1 saturated heterocycles. The second-order valence-electron chi connectivity index (χ2n) is 5.80. The molecule has 1 heterocycles. The van der Waals surface area contributed by atoms with Crippen molar-refractivity contribution in [2.24, 2.45) is 23.7 Å². The van der Waals surface area contributed by atoms with Crippen LogP contribution in [-0.4, -0.2) is 35.3 Å². The Morgan fingerprint density at radius 1 is 1.26 bits per heavy atom. The van der Waals surface area contributed by atoms with Crippen LogP contribution in [0.1, 0.15) is 20.3 Å². The monoisotopic (exact) mass is 263 g/mol. The summed E-state index contributed by atoms with van der Waals surface area (Å²) in [5.74, 6) is -1.05. The number of hydrogen-bond donors (Lipinski definition) is 0. The molecule has 3 rings (SSSR count). The van der Waals surface area contributed by atoms with Crippen molar-refractivity contribution in [3.63, 3.8) is 0 Å². The molecule has 2 aliphatic carbocycles. The fourth-order valence-corrected chi connectivity index (χ4v) is 3.55. The maximum atomic E-state index is 12.3. The molecule has 0 aromatic heterocycles. The van der Waals surface area contributed by atoms with Gasteiger partial charge in [-0.2, -0.15) is 0 Å². The van der Waals surface area contributed by atoms with Crippen molar-refractivity contribution in [1.29, 1.82) is 0 Å². The molecule has 2 amide bonds. The Balaban J connectivity index is 1.74. The summed E-state index contributed by atoms with van der Waals surface area (Å²) in [6.07, 6.45) is 4.73. The van der Waals surface area contributed by atoms with Crippen LogP contribution in [0.15, 0.2) is 12.2 Å². The molecule has 1 aliphatic heterocycles. The summed E-state index contributed by atoms with van der Waals surface area (Å²) in [4.78, 5) is 37.2. The lowest BCUT2D eigenvalue weighted by Crippen LogP contribution is -2.38. The van der Waals surface area contributed by atoms with Gasteiger partial charge in [0.05, 0.1) is 17.9 Å². The molecule has 19 heavy (non-hydrogen) atoms. The number of imide groups is 1. The van der Waals surface area contributed by atoms with E-state index in [0.717, 1.165) is 11.3 Å². The van der Waals surface area contributed by atoms with E-state index in [0.29, 0.717) is 0 Å². The fourth-order valence-electron chi connectivity index (χ4n) is 3.55. The average molecular weight is 263 g/mol. The maximum Gasteiger partial charge on any atom is 0.326 e. The number of carbonyl (C=O) groups excluding carboxylic acids is 3. The van der Waals surface area contributed by atoms with Crippen molar-refractivity contribution < 1.29 is 19.1 Å². The normalized spacial score (nSPS) is 35.4. The predicted molar refractivity (Wildman–Crippen MR) is 65.7 cm³/mol. The zero-order valence-electron chi connectivity index (χ0n) is 11.0. The summed E-state index contributed by atoms with van der Waals surface area (Å²) in [6.45, 7) is 3.23. The van der Waals surface area contributed by atoms with Gasteiger partial charge in [0.15, 0.2) is 0 Å². The molecular weight excluding hydrogens is 246 g/mol. The van der Waals surface area contributed by atoms with Gasteiger partial charge >= 0.3 is 5.97 Å². The van der Waals surface area contributed by atoms with E-state index in [9.17, 15) is 14.4 Å². The van der Waals surface area contributed by atoms with Gasteiger partial charge in [-0.15, -0.1) is 0 Å². The van der Waals surface area contributed by atoms with Crippen LogP contribution in [0.4, 0.5) is 0 Å². The molecular formula is C14H17NO4. The van der Waals surface area contributed by atoms with E-state index >= 15 is 0 Å². The van der Waals surface area contributed by atoms with Crippen LogP contribution in [0.3, 0.4) is 0 Å². The number of hydrogen-bond acceptors (Lipinski definition) is 4. The van der Waals surface area contributed by atoms with Gasteiger partial charge in [0.25, 0.3) is 0 Å². The predicted octanol–water partition coefficient (Wildman–Crippen LogP) is 0.745. The lowest BCUT2D eigenvalue weighted by molar-refractivity contribution is -0.155. The van der Waals surface area contributed by atoms with Gasteiger partial charge in [0.1, 0.15) is 6.54 Å². The average Bonchev–Trinajstić information content (AvgIpc) is 2.97. The molecule has 0 aromatic rings. The van der Waals surface area contributed by atoms with Crippen molar-refractivity contribution in [2.45, 2.75) is 26.4 Å². The van der Waals surface area contributed by atoms with Crippen molar-refractivity contribution in [3.8, 4) is 0 Å². The highest BCUT2D eigenvalue weighted by Crippen LogP contribution is 2.52. The quantitative estimate of drug-likeness (QED) is 0.428. The van der Waals surface area contributed by atoms with Crippen molar-refractivity contribution in [2.75, 3.05) is 6.54 Å². The first-order chi connectivity index (χ1) is 8.99. The van der Waals surface area contributed by atoms with Gasteiger partial charge < -0.3 is 4.74 Å². The van der Waals surface area contributed by atoms with E-state index < -0.39 is 5.97 Å². The first-order valence-corrected chi connectivity index (χ1v) is 6.72. The maximum absolute atomic E-state index is 12.3. The number of amides is 2. The SMILES string of the molecule is CC(C)OC(=O)CN1C(=O)[C@@H]2[C@H](C1=O)[C@@H]1C=C[C@H]2C1. The first kappa shape index (κ1) is 12.4. The molecule has 5 nitrogen and oxygen atoms in total. The van der Waals surface area contributed by atoms with Gasteiger partial charge in [0, 0.05) is 0 Å². The zero-order chi connectivity index (χ0) is 13.7. The van der Waals surface area contributed by atoms with Crippen LogP contribution < -0.4 is 0 Å². The van der Waals surface area contributed by atoms with Gasteiger partial charge in [-0.1, -0.05) is 12.2 Å². The smallest absolute Gasteiger partial charge is 0.326 e. The topological polar surface area (TPSA) is 63.7 Å². The molecule has 2 fully saturated rings. The van der Waals surface area contributed by atoms with Crippen LogP contribution in [0.5, 0.6) is 0 Å². The number of likely N-dealkylation sites (tertiary alicyclic amines) is 1. The number of fused-ring (bicyclic) bond motifs is 5. The second-order valence-corrected chi connectivity index (χ2v) is 5.80. The Morgan fingerprint density at radius 2 is 1.79 bits per heavy atom. The number of rotatable bonds is 3. The molecule has 0 unspecified atom stereocenters. The number of carbonyl (C=O) groups is 3.